The monoisotopic (exact) mass is 168 g/mol. The van der Waals surface area contributed by atoms with Crippen molar-refractivity contribution in [2.45, 2.75) is 6.92 Å². The van der Waals surface area contributed by atoms with Gasteiger partial charge in [0.15, 0.2) is 0 Å². The number of hydrogen-bond donors (Lipinski definition) is 1. The number of nitrogens with one attached hydrogen (secondary N) is 1. The highest BCUT2D eigenvalue weighted by molar-refractivity contribution is 5.42. The van der Waals surface area contributed by atoms with Crippen molar-refractivity contribution < 1.29 is 10.0 Å². The van der Waals surface area contributed by atoms with E-state index < -0.39 is 5.09 Å². The zero-order valence-corrected chi connectivity index (χ0v) is 6.48. The molecule has 1 rings (SSSR count). The maximum Gasteiger partial charge on any atom is 0.316 e. The summed E-state index contributed by atoms with van der Waals surface area (Å²) < 4.78 is 0. The molecule has 0 heterocycles. The molecular weight excluding hydrogens is 160 g/mol. The molecule has 12 heavy (non-hydrogen) atoms. The molecule has 0 aliphatic carbocycles. The third-order valence-corrected chi connectivity index (χ3v) is 1.29. The van der Waals surface area contributed by atoms with Gasteiger partial charge in [0, 0.05) is 0 Å². The highest BCUT2D eigenvalue weighted by Crippen LogP contribution is 2.07. The quantitative estimate of drug-likeness (QED) is 0.549. The minimum Gasteiger partial charge on any atom is -0.225 e. The van der Waals surface area contributed by atoms with Crippen LogP contribution in [0.2, 0.25) is 0 Å². The molecule has 0 radical (unpaired) electrons. The first-order valence-corrected chi connectivity index (χ1v) is 3.32. The second-order valence-corrected chi connectivity index (χ2v) is 2.28. The third kappa shape index (κ3) is 2.45. The van der Waals surface area contributed by atoms with E-state index in [-0.39, 0.29) is 0 Å². The minimum absolute atomic E-state index is 0.553. The zero-order valence-electron chi connectivity index (χ0n) is 6.48. The van der Waals surface area contributed by atoms with Crippen molar-refractivity contribution >= 4 is 5.69 Å². The topological polar surface area (TPSA) is 64.4 Å². The van der Waals surface area contributed by atoms with Gasteiger partial charge in [-0.3, -0.25) is 0 Å². The van der Waals surface area contributed by atoms with Gasteiger partial charge in [0.1, 0.15) is 0 Å². The van der Waals surface area contributed by atoms with Crippen molar-refractivity contribution in [2.24, 2.45) is 0 Å². The minimum atomic E-state index is -0.903. The summed E-state index contributed by atoms with van der Waals surface area (Å²) in [5, 5.41) is 8.86. The molecule has 0 saturated carbocycles. The fraction of sp³-hybridized carbons (Fsp3) is 0.143. The van der Waals surface area contributed by atoms with Gasteiger partial charge in [-0.2, -0.15) is 4.94 Å². The van der Waals surface area contributed by atoms with Crippen molar-refractivity contribution in [3.63, 3.8) is 0 Å². The summed E-state index contributed by atoms with van der Waals surface area (Å²) in [5.41, 5.74) is 3.81. The van der Waals surface area contributed by atoms with E-state index in [4.69, 9.17) is 0 Å². The van der Waals surface area contributed by atoms with Gasteiger partial charge in [0.25, 0.3) is 0 Å². The number of anilines is 1. The van der Waals surface area contributed by atoms with E-state index in [2.05, 4.69) is 10.4 Å². The Morgan fingerprint density at radius 3 is 2.50 bits per heavy atom. The number of nitrogens with zero attached hydrogens (tertiary/aromatic N) is 1. The van der Waals surface area contributed by atoms with Gasteiger partial charge < -0.3 is 0 Å². The second-order valence-electron chi connectivity index (χ2n) is 2.28. The number of hydrogen-bond acceptors (Lipinski definition) is 4. The van der Waals surface area contributed by atoms with Crippen molar-refractivity contribution in [2.75, 3.05) is 5.48 Å². The summed E-state index contributed by atoms with van der Waals surface area (Å²) in [6.07, 6.45) is 0. The highest BCUT2D eigenvalue weighted by atomic mass is 17.0. The standard InChI is InChI=1S/C7H8N2O3/c1-6-2-4-7(5-3-6)8-12-9(10)11/h2-5,8H,1H3. The Labute approximate surface area is 69.0 Å². The SMILES string of the molecule is Cc1ccc(NO[N+](=O)[O-])cc1. The van der Waals surface area contributed by atoms with Crippen molar-refractivity contribution in [1.29, 1.82) is 0 Å². The zero-order chi connectivity index (χ0) is 8.97. The van der Waals surface area contributed by atoms with Crippen molar-refractivity contribution in [3.05, 3.63) is 39.9 Å². The van der Waals surface area contributed by atoms with Gasteiger partial charge >= 0.3 is 5.09 Å². The van der Waals surface area contributed by atoms with Crippen LogP contribution in [0.25, 0.3) is 0 Å². The largest absolute Gasteiger partial charge is 0.316 e. The molecule has 0 saturated heterocycles. The van der Waals surface area contributed by atoms with Gasteiger partial charge in [-0.25, -0.2) is 5.48 Å². The fourth-order valence-corrected chi connectivity index (χ4v) is 0.712. The van der Waals surface area contributed by atoms with Gasteiger partial charge in [-0.1, -0.05) is 17.7 Å². The Morgan fingerprint density at radius 1 is 1.42 bits per heavy atom. The lowest BCUT2D eigenvalue weighted by Crippen LogP contribution is -2.07. The van der Waals surface area contributed by atoms with Gasteiger partial charge in [0.2, 0.25) is 0 Å². The van der Waals surface area contributed by atoms with Crippen LogP contribution in [0.4, 0.5) is 5.69 Å². The Kier molecular flexibility index (Phi) is 2.47. The molecule has 0 aliphatic rings. The van der Waals surface area contributed by atoms with Crippen LogP contribution >= 0.6 is 0 Å². The molecule has 1 aromatic carbocycles. The van der Waals surface area contributed by atoms with Crippen molar-refractivity contribution in [1.82, 2.24) is 0 Å². The molecular formula is C7H8N2O3. The Hall–Kier alpha value is -1.78. The first-order valence-electron chi connectivity index (χ1n) is 3.32. The molecule has 0 atom stereocenters. The van der Waals surface area contributed by atoms with Crippen LogP contribution in [0, 0.1) is 17.0 Å². The molecule has 64 valence electrons. The number of rotatable bonds is 3. The Balaban J connectivity index is 2.53. The summed E-state index contributed by atoms with van der Waals surface area (Å²) in [5.74, 6) is 0. The van der Waals surface area contributed by atoms with Crippen LogP contribution in [0.15, 0.2) is 24.3 Å². The molecule has 0 amide bonds. The maximum absolute atomic E-state index is 9.76. The lowest BCUT2D eigenvalue weighted by Gasteiger charge is -2.01. The lowest BCUT2D eigenvalue weighted by atomic mass is 10.2. The highest BCUT2D eigenvalue weighted by Gasteiger charge is 1.94. The summed E-state index contributed by atoms with van der Waals surface area (Å²) in [6.45, 7) is 1.93. The predicted octanol–water partition coefficient (Wildman–Crippen LogP) is 1.53. The molecule has 0 fully saturated rings. The molecule has 1 N–H and O–H groups in total. The van der Waals surface area contributed by atoms with Crippen LogP contribution in [-0.4, -0.2) is 5.09 Å². The Bertz CT molecular complexity index is 270. The smallest absolute Gasteiger partial charge is 0.225 e. The second kappa shape index (κ2) is 3.56. The van der Waals surface area contributed by atoms with Crippen LogP contribution in [0.5, 0.6) is 0 Å². The molecule has 1 aromatic rings. The van der Waals surface area contributed by atoms with E-state index in [1.165, 1.54) is 0 Å². The normalized spacial score (nSPS) is 9.08. The van der Waals surface area contributed by atoms with E-state index in [0.717, 1.165) is 5.56 Å². The summed E-state index contributed by atoms with van der Waals surface area (Å²) >= 11 is 0. The molecule has 0 spiro atoms. The molecule has 0 bridgehead atoms. The summed E-state index contributed by atoms with van der Waals surface area (Å²) in [4.78, 5) is 13.7. The van der Waals surface area contributed by atoms with E-state index in [9.17, 15) is 10.1 Å². The van der Waals surface area contributed by atoms with E-state index in [1.54, 1.807) is 12.1 Å². The van der Waals surface area contributed by atoms with Crippen LogP contribution in [0.1, 0.15) is 5.56 Å². The summed E-state index contributed by atoms with van der Waals surface area (Å²) in [7, 11) is 0. The van der Waals surface area contributed by atoms with E-state index in [0.29, 0.717) is 5.69 Å². The van der Waals surface area contributed by atoms with Crippen LogP contribution < -0.4 is 5.48 Å². The lowest BCUT2D eigenvalue weighted by molar-refractivity contribution is -0.748. The number of benzene rings is 1. The Morgan fingerprint density at radius 2 is 2.00 bits per heavy atom. The van der Waals surface area contributed by atoms with Crippen LogP contribution in [-0.2, 0) is 4.94 Å². The van der Waals surface area contributed by atoms with Crippen LogP contribution in [0.3, 0.4) is 0 Å². The van der Waals surface area contributed by atoms with Gasteiger partial charge in [0.05, 0.1) is 5.69 Å². The first kappa shape index (κ1) is 8.32. The van der Waals surface area contributed by atoms with E-state index >= 15 is 0 Å². The average molecular weight is 168 g/mol. The molecule has 0 aromatic heterocycles. The number of aryl methyl sites for hydroxylation is 1. The van der Waals surface area contributed by atoms with E-state index in [1.807, 2.05) is 19.1 Å². The molecule has 0 unspecified atom stereocenters. The first-order chi connectivity index (χ1) is 5.68. The molecule has 5 nitrogen and oxygen atoms in total. The molecule has 0 aliphatic heterocycles. The predicted molar refractivity (Wildman–Crippen MR) is 42.9 cm³/mol. The maximum atomic E-state index is 9.76. The van der Waals surface area contributed by atoms with Crippen molar-refractivity contribution in [3.8, 4) is 0 Å². The average Bonchev–Trinajstić information content (AvgIpc) is 2.03. The third-order valence-electron chi connectivity index (χ3n) is 1.29. The van der Waals surface area contributed by atoms with Gasteiger partial charge in [-0.15, -0.1) is 10.1 Å². The van der Waals surface area contributed by atoms with Gasteiger partial charge in [-0.05, 0) is 19.1 Å². The fourth-order valence-electron chi connectivity index (χ4n) is 0.712. The summed E-state index contributed by atoms with van der Waals surface area (Å²) in [6, 6.07) is 7.04. The molecule has 5 heteroatoms.